The van der Waals surface area contributed by atoms with Crippen molar-refractivity contribution < 1.29 is 9.53 Å². The fourth-order valence-corrected chi connectivity index (χ4v) is 2.24. The van der Waals surface area contributed by atoms with Crippen LogP contribution < -0.4 is 5.73 Å². The molecule has 0 bridgehead atoms. The molecule has 1 aromatic carbocycles. The molecule has 0 aromatic heterocycles. The standard InChI is InChI=1S/C17H28N2O2/c1-3-19(14-15-9-11-16(18)12-10-15)13-7-5-6-8-17(20)21-4-2/h9-12H,3-8,13-14,18H2,1-2H3. The van der Waals surface area contributed by atoms with E-state index in [1.807, 2.05) is 19.1 Å². The first kappa shape index (κ1) is 17.5. The second-order valence-electron chi connectivity index (χ2n) is 5.23. The van der Waals surface area contributed by atoms with Crippen LogP contribution in [0.3, 0.4) is 0 Å². The molecular formula is C17H28N2O2. The Balaban J connectivity index is 2.19. The number of carbonyl (C=O) groups is 1. The third-order valence-corrected chi connectivity index (χ3v) is 3.49. The van der Waals surface area contributed by atoms with E-state index in [-0.39, 0.29) is 5.97 Å². The van der Waals surface area contributed by atoms with E-state index < -0.39 is 0 Å². The third-order valence-electron chi connectivity index (χ3n) is 3.49. The van der Waals surface area contributed by atoms with Crippen LogP contribution in [0.15, 0.2) is 24.3 Å². The van der Waals surface area contributed by atoms with E-state index in [2.05, 4.69) is 24.0 Å². The van der Waals surface area contributed by atoms with Crippen LogP contribution in [-0.4, -0.2) is 30.6 Å². The molecule has 0 atom stereocenters. The van der Waals surface area contributed by atoms with Gasteiger partial charge in [-0.1, -0.05) is 25.5 Å². The maximum Gasteiger partial charge on any atom is 0.305 e. The van der Waals surface area contributed by atoms with Gasteiger partial charge in [-0.05, 0) is 50.6 Å². The monoisotopic (exact) mass is 292 g/mol. The van der Waals surface area contributed by atoms with Crippen LogP contribution >= 0.6 is 0 Å². The van der Waals surface area contributed by atoms with Crippen molar-refractivity contribution in [2.24, 2.45) is 0 Å². The zero-order valence-electron chi connectivity index (χ0n) is 13.3. The summed E-state index contributed by atoms with van der Waals surface area (Å²) in [5.41, 5.74) is 7.79. The molecule has 0 radical (unpaired) electrons. The highest BCUT2D eigenvalue weighted by Gasteiger charge is 2.05. The van der Waals surface area contributed by atoms with E-state index in [0.717, 1.165) is 44.6 Å². The lowest BCUT2D eigenvalue weighted by atomic mass is 10.1. The number of nitrogens with zero attached hydrogens (tertiary/aromatic N) is 1. The molecule has 0 unspecified atom stereocenters. The fraction of sp³-hybridized carbons (Fsp3) is 0.588. The summed E-state index contributed by atoms with van der Waals surface area (Å²) in [6.45, 7) is 7.54. The summed E-state index contributed by atoms with van der Waals surface area (Å²) < 4.78 is 4.92. The van der Waals surface area contributed by atoms with Gasteiger partial charge >= 0.3 is 5.97 Å². The molecule has 0 amide bonds. The number of ether oxygens (including phenoxy) is 1. The predicted molar refractivity (Wildman–Crippen MR) is 86.9 cm³/mol. The van der Waals surface area contributed by atoms with Gasteiger partial charge in [0.2, 0.25) is 0 Å². The normalized spacial score (nSPS) is 10.8. The van der Waals surface area contributed by atoms with Gasteiger partial charge in [-0.3, -0.25) is 9.69 Å². The SMILES string of the molecule is CCOC(=O)CCCCCN(CC)Cc1ccc(N)cc1. The first-order valence-electron chi connectivity index (χ1n) is 7.88. The van der Waals surface area contributed by atoms with Crippen LogP contribution in [0.5, 0.6) is 0 Å². The van der Waals surface area contributed by atoms with Crippen molar-refractivity contribution >= 4 is 11.7 Å². The van der Waals surface area contributed by atoms with Gasteiger partial charge < -0.3 is 10.5 Å². The minimum Gasteiger partial charge on any atom is -0.466 e. The number of nitrogens with two attached hydrogens (primary N) is 1. The Kier molecular flexibility index (Phi) is 8.51. The Morgan fingerprint density at radius 1 is 1.14 bits per heavy atom. The van der Waals surface area contributed by atoms with Crippen molar-refractivity contribution in [2.45, 2.75) is 46.1 Å². The quantitative estimate of drug-likeness (QED) is 0.409. The molecule has 21 heavy (non-hydrogen) atoms. The third kappa shape index (κ3) is 7.71. The Bertz CT molecular complexity index is 404. The van der Waals surface area contributed by atoms with Crippen molar-refractivity contribution in [3.8, 4) is 0 Å². The Hall–Kier alpha value is -1.55. The average molecular weight is 292 g/mol. The van der Waals surface area contributed by atoms with Gasteiger partial charge in [0.1, 0.15) is 0 Å². The van der Waals surface area contributed by atoms with Gasteiger partial charge in [0.15, 0.2) is 0 Å². The molecule has 0 aliphatic heterocycles. The second kappa shape index (κ2) is 10.2. The van der Waals surface area contributed by atoms with Crippen LogP contribution in [0.2, 0.25) is 0 Å². The number of benzene rings is 1. The van der Waals surface area contributed by atoms with E-state index in [9.17, 15) is 4.79 Å². The highest BCUT2D eigenvalue weighted by atomic mass is 16.5. The summed E-state index contributed by atoms with van der Waals surface area (Å²) in [6, 6.07) is 8.06. The number of esters is 1. The van der Waals surface area contributed by atoms with Crippen molar-refractivity contribution in [1.82, 2.24) is 4.90 Å². The molecule has 0 aliphatic rings. The van der Waals surface area contributed by atoms with E-state index in [1.165, 1.54) is 5.56 Å². The molecular weight excluding hydrogens is 264 g/mol. The minimum atomic E-state index is -0.0771. The summed E-state index contributed by atoms with van der Waals surface area (Å²) in [7, 11) is 0. The summed E-state index contributed by atoms with van der Waals surface area (Å²) in [5, 5.41) is 0. The number of unbranched alkanes of at least 4 members (excludes halogenated alkanes) is 2. The van der Waals surface area contributed by atoms with E-state index >= 15 is 0 Å². The maximum atomic E-state index is 11.2. The number of rotatable bonds is 10. The number of carbonyl (C=O) groups excluding carboxylic acids is 1. The van der Waals surface area contributed by atoms with E-state index in [1.54, 1.807) is 0 Å². The maximum absolute atomic E-state index is 11.2. The van der Waals surface area contributed by atoms with Gasteiger partial charge in [0.25, 0.3) is 0 Å². The molecule has 4 heteroatoms. The van der Waals surface area contributed by atoms with E-state index in [0.29, 0.717) is 13.0 Å². The Morgan fingerprint density at radius 3 is 2.48 bits per heavy atom. The number of hydrogen-bond acceptors (Lipinski definition) is 4. The summed E-state index contributed by atoms with van der Waals surface area (Å²) >= 11 is 0. The van der Waals surface area contributed by atoms with Crippen LogP contribution in [-0.2, 0) is 16.1 Å². The molecule has 0 heterocycles. The molecule has 2 N–H and O–H groups in total. The predicted octanol–water partition coefficient (Wildman–Crippen LogP) is 3.21. The van der Waals surface area contributed by atoms with Gasteiger partial charge in [-0.15, -0.1) is 0 Å². The molecule has 1 aromatic rings. The zero-order chi connectivity index (χ0) is 15.5. The highest BCUT2D eigenvalue weighted by Crippen LogP contribution is 2.10. The van der Waals surface area contributed by atoms with Gasteiger partial charge in [0.05, 0.1) is 6.61 Å². The number of hydrogen-bond donors (Lipinski definition) is 1. The van der Waals surface area contributed by atoms with Crippen molar-refractivity contribution in [3.05, 3.63) is 29.8 Å². The molecule has 0 saturated carbocycles. The van der Waals surface area contributed by atoms with Gasteiger partial charge in [0, 0.05) is 18.7 Å². The highest BCUT2D eigenvalue weighted by molar-refractivity contribution is 5.69. The first-order chi connectivity index (χ1) is 10.2. The fourth-order valence-electron chi connectivity index (χ4n) is 2.24. The summed E-state index contributed by atoms with van der Waals surface area (Å²) in [4.78, 5) is 13.6. The first-order valence-corrected chi connectivity index (χ1v) is 7.88. The Morgan fingerprint density at radius 2 is 1.86 bits per heavy atom. The lowest BCUT2D eigenvalue weighted by Gasteiger charge is -2.20. The molecule has 0 saturated heterocycles. The van der Waals surface area contributed by atoms with Crippen LogP contribution in [0.25, 0.3) is 0 Å². The zero-order valence-corrected chi connectivity index (χ0v) is 13.3. The topological polar surface area (TPSA) is 55.6 Å². The molecule has 1 rings (SSSR count). The van der Waals surface area contributed by atoms with Crippen molar-refractivity contribution in [1.29, 1.82) is 0 Å². The minimum absolute atomic E-state index is 0.0771. The molecule has 0 aliphatic carbocycles. The second-order valence-corrected chi connectivity index (χ2v) is 5.23. The average Bonchev–Trinajstić information content (AvgIpc) is 2.48. The van der Waals surface area contributed by atoms with Gasteiger partial charge in [-0.2, -0.15) is 0 Å². The van der Waals surface area contributed by atoms with E-state index in [4.69, 9.17) is 10.5 Å². The lowest BCUT2D eigenvalue weighted by molar-refractivity contribution is -0.143. The van der Waals surface area contributed by atoms with Crippen LogP contribution in [0.1, 0.15) is 45.1 Å². The Labute approximate surface area is 128 Å². The van der Waals surface area contributed by atoms with Crippen molar-refractivity contribution in [2.75, 3.05) is 25.4 Å². The molecule has 4 nitrogen and oxygen atoms in total. The molecule has 0 fully saturated rings. The van der Waals surface area contributed by atoms with Crippen LogP contribution in [0, 0.1) is 0 Å². The van der Waals surface area contributed by atoms with Crippen molar-refractivity contribution in [3.63, 3.8) is 0 Å². The van der Waals surface area contributed by atoms with Gasteiger partial charge in [-0.25, -0.2) is 0 Å². The summed E-state index contributed by atoms with van der Waals surface area (Å²) in [5.74, 6) is -0.0771. The largest absolute Gasteiger partial charge is 0.466 e. The number of anilines is 1. The summed E-state index contributed by atoms with van der Waals surface area (Å²) in [6.07, 6.45) is 3.63. The smallest absolute Gasteiger partial charge is 0.305 e. The number of nitrogen functional groups attached to an aromatic ring is 1. The van der Waals surface area contributed by atoms with Crippen LogP contribution in [0.4, 0.5) is 5.69 Å². The lowest BCUT2D eigenvalue weighted by Crippen LogP contribution is -2.24. The molecule has 118 valence electrons. The molecule has 0 spiro atoms.